The summed E-state index contributed by atoms with van der Waals surface area (Å²) in [6, 6.07) is 9.56. The predicted molar refractivity (Wildman–Crippen MR) is 86.9 cm³/mol. The highest BCUT2D eigenvalue weighted by atomic mass is 16.3. The van der Waals surface area contributed by atoms with Crippen LogP contribution in [0.3, 0.4) is 0 Å². The first-order chi connectivity index (χ1) is 10.6. The molecule has 1 heterocycles. The third-order valence-electron chi connectivity index (χ3n) is 3.41. The van der Waals surface area contributed by atoms with E-state index in [9.17, 15) is 4.79 Å². The normalized spacial score (nSPS) is 10.3. The Morgan fingerprint density at radius 1 is 1.23 bits per heavy atom. The number of anilines is 1. The minimum Gasteiger partial charge on any atom is -0.395 e. The molecule has 5 nitrogen and oxygen atoms in total. The molecule has 0 atom stereocenters. The van der Waals surface area contributed by atoms with Gasteiger partial charge in [0.15, 0.2) is 0 Å². The number of carbonyl (C=O) groups is 1. The minimum absolute atomic E-state index is 0.0676. The van der Waals surface area contributed by atoms with Crippen LogP contribution >= 0.6 is 0 Å². The molecule has 1 amide bonds. The Hall–Kier alpha value is -2.40. The molecule has 0 unspecified atom stereocenters. The van der Waals surface area contributed by atoms with E-state index in [0.29, 0.717) is 12.1 Å². The van der Waals surface area contributed by atoms with Crippen molar-refractivity contribution in [3.8, 4) is 0 Å². The number of pyridine rings is 1. The van der Waals surface area contributed by atoms with Crippen molar-refractivity contribution < 1.29 is 9.90 Å². The van der Waals surface area contributed by atoms with Gasteiger partial charge in [-0.25, -0.2) is 0 Å². The molecule has 22 heavy (non-hydrogen) atoms. The van der Waals surface area contributed by atoms with Gasteiger partial charge in [0.05, 0.1) is 18.8 Å². The summed E-state index contributed by atoms with van der Waals surface area (Å²) in [6.07, 6.45) is 1.84. The van der Waals surface area contributed by atoms with Gasteiger partial charge in [0.1, 0.15) is 0 Å². The first kappa shape index (κ1) is 16.0. The highest BCUT2D eigenvalue weighted by Gasteiger charge is 2.11. The van der Waals surface area contributed by atoms with E-state index in [1.54, 1.807) is 6.07 Å². The van der Waals surface area contributed by atoms with Gasteiger partial charge in [-0.2, -0.15) is 0 Å². The Kier molecular flexibility index (Phi) is 5.49. The van der Waals surface area contributed by atoms with Crippen LogP contribution in [0.25, 0.3) is 0 Å². The number of carbonyl (C=O) groups excluding carboxylic acids is 1. The van der Waals surface area contributed by atoms with Gasteiger partial charge in [0.2, 0.25) is 0 Å². The van der Waals surface area contributed by atoms with Gasteiger partial charge in [-0.05, 0) is 43.2 Å². The molecular weight excluding hydrogens is 278 g/mol. The summed E-state index contributed by atoms with van der Waals surface area (Å²) in [4.78, 5) is 16.4. The summed E-state index contributed by atoms with van der Waals surface area (Å²) < 4.78 is 0. The second-order valence-electron chi connectivity index (χ2n) is 5.14. The van der Waals surface area contributed by atoms with Gasteiger partial charge < -0.3 is 15.7 Å². The maximum Gasteiger partial charge on any atom is 0.251 e. The first-order valence-electron chi connectivity index (χ1n) is 7.26. The lowest BCUT2D eigenvalue weighted by Gasteiger charge is -2.13. The van der Waals surface area contributed by atoms with Crippen LogP contribution < -0.4 is 10.6 Å². The topological polar surface area (TPSA) is 74.2 Å². The van der Waals surface area contributed by atoms with E-state index in [2.05, 4.69) is 15.6 Å². The van der Waals surface area contributed by atoms with Gasteiger partial charge in [-0.1, -0.05) is 12.1 Å². The third kappa shape index (κ3) is 4.05. The molecule has 0 radical (unpaired) electrons. The Morgan fingerprint density at radius 3 is 2.73 bits per heavy atom. The van der Waals surface area contributed by atoms with Crippen molar-refractivity contribution in [2.45, 2.75) is 20.4 Å². The van der Waals surface area contributed by atoms with Crippen molar-refractivity contribution in [2.75, 3.05) is 18.5 Å². The van der Waals surface area contributed by atoms with E-state index < -0.39 is 0 Å². The van der Waals surface area contributed by atoms with Gasteiger partial charge in [-0.15, -0.1) is 0 Å². The highest BCUT2D eigenvalue weighted by molar-refractivity contribution is 5.97. The summed E-state index contributed by atoms with van der Waals surface area (Å²) in [5.74, 6) is -0.177. The van der Waals surface area contributed by atoms with Crippen LogP contribution in [-0.4, -0.2) is 29.1 Å². The molecular formula is C17H21N3O2. The van der Waals surface area contributed by atoms with Crippen molar-refractivity contribution in [2.24, 2.45) is 0 Å². The maximum atomic E-state index is 12.0. The number of hydrogen-bond acceptors (Lipinski definition) is 4. The lowest BCUT2D eigenvalue weighted by Crippen LogP contribution is -2.27. The molecule has 0 aliphatic heterocycles. The van der Waals surface area contributed by atoms with Gasteiger partial charge in [-0.3, -0.25) is 9.78 Å². The van der Waals surface area contributed by atoms with Crippen molar-refractivity contribution in [3.05, 3.63) is 58.9 Å². The molecule has 0 aliphatic carbocycles. The fourth-order valence-corrected chi connectivity index (χ4v) is 2.13. The fourth-order valence-electron chi connectivity index (χ4n) is 2.13. The SMILES string of the molecule is Cc1ccc(CNc2cccc(C(=O)NCCO)c2C)nc1. The van der Waals surface area contributed by atoms with E-state index >= 15 is 0 Å². The number of benzene rings is 1. The Balaban J connectivity index is 2.08. The zero-order valence-electron chi connectivity index (χ0n) is 12.9. The molecule has 0 saturated carbocycles. The number of aromatic nitrogens is 1. The maximum absolute atomic E-state index is 12.0. The number of rotatable bonds is 6. The molecule has 0 fully saturated rings. The standard InChI is InChI=1S/C17H21N3O2/c1-12-6-7-14(19-10-12)11-20-16-5-3-4-15(13(16)2)17(22)18-8-9-21/h3-7,10,20-21H,8-9,11H2,1-2H3,(H,18,22). The Bertz CT molecular complexity index is 639. The zero-order valence-corrected chi connectivity index (χ0v) is 12.9. The molecule has 1 aromatic carbocycles. The van der Waals surface area contributed by atoms with Crippen molar-refractivity contribution >= 4 is 11.6 Å². The second kappa shape index (κ2) is 7.56. The van der Waals surface area contributed by atoms with E-state index in [0.717, 1.165) is 22.5 Å². The van der Waals surface area contributed by atoms with Gasteiger partial charge >= 0.3 is 0 Å². The molecule has 0 saturated heterocycles. The summed E-state index contributed by atoms with van der Waals surface area (Å²) in [5.41, 5.74) is 4.46. The number of hydrogen-bond donors (Lipinski definition) is 3. The van der Waals surface area contributed by atoms with Crippen molar-refractivity contribution in [1.82, 2.24) is 10.3 Å². The van der Waals surface area contributed by atoms with Crippen LogP contribution in [0.5, 0.6) is 0 Å². The number of nitrogens with zero attached hydrogens (tertiary/aromatic N) is 1. The summed E-state index contributed by atoms with van der Waals surface area (Å²) in [6.45, 7) is 4.69. The molecule has 2 aromatic rings. The van der Waals surface area contributed by atoms with Crippen molar-refractivity contribution in [3.63, 3.8) is 0 Å². The first-order valence-corrected chi connectivity index (χ1v) is 7.26. The number of aryl methyl sites for hydroxylation is 1. The molecule has 5 heteroatoms. The van der Waals surface area contributed by atoms with Crippen LogP contribution in [0.2, 0.25) is 0 Å². The predicted octanol–water partition coefficient (Wildman–Crippen LogP) is 2.03. The molecule has 1 aromatic heterocycles. The summed E-state index contributed by atoms with van der Waals surface area (Å²) in [7, 11) is 0. The minimum atomic E-state index is -0.177. The van der Waals surface area contributed by atoms with E-state index in [1.165, 1.54) is 0 Å². The largest absolute Gasteiger partial charge is 0.395 e. The van der Waals surface area contributed by atoms with Crippen LogP contribution in [0.4, 0.5) is 5.69 Å². The van der Waals surface area contributed by atoms with Gasteiger partial charge in [0.25, 0.3) is 5.91 Å². The Morgan fingerprint density at radius 2 is 2.05 bits per heavy atom. The Labute approximate surface area is 130 Å². The fraction of sp³-hybridized carbons (Fsp3) is 0.294. The number of amides is 1. The monoisotopic (exact) mass is 299 g/mol. The quantitative estimate of drug-likeness (QED) is 0.763. The van der Waals surface area contributed by atoms with Crippen molar-refractivity contribution in [1.29, 1.82) is 0 Å². The number of aliphatic hydroxyl groups is 1. The third-order valence-corrected chi connectivity index (χ3v) is 3.41. The van der Waals surface area contributed by atoms with Gasteiger partial charge in [0, 0.05) is 24.0 Å². The number of nitrogens with one attached hydrogen (secondary N) is 2. The highest BCUT2D eigenvalue weighted by Crippen LogP contribution is 2.19. The zero-order chi connectivity index (χ0) is 15.9. The molecule has 0 bridgehead atoms. The molecule has 0 spiro atoms. The van der Waals surface area contributed by atoms with Crippen LogP contribution in [0.1, 0.15) is 27.2 Å². The lowest BCUT2D eigenvalue weighted by atomic mass is 10.1. The average molecular weight is 299 g/mol. The molecule has 2 rings (SSSR count). The van der Waals surface area contributed by atoms with Crippen LogP contribution in [0.15, 0.2) is 36.5 Å². The second-order valence-corrected chi connectivity index (χ2v) is 5.14. The summed E-state index contributed by atoms with van der Waals surface area (Å²) in [5, 5.41) is 14.8. The molecule has 3 N–H and O–H groups in total. The van der Waals surface area contributed by atoms with E-state index in [-0.39, 0.29) is 19.1 Å². The molecule has 0 aliphatic rings. The smallest absolute Gasteiger partial charge is 0.251 e. The molecule has 116 valence electrons. The van der Waals surface area contributed by atoms with E-state index in [4.69, 9.17) is 5.11 Å². The van der Waals surface area contributed by atoms with Crippen LogP contribution in [-0.2, 0) is 6.54 Å². The number of aliphatic hydroxyl groups excluding tert-OH is 1. The summed E-state index contributed by atoms with van der Waals surface area (Å²) >= 11 is 0. The van der Waals surface area contributed by atoms with E-state index in [1.807, 2.05) is 44.3 Å². The lowest BCUT2D eigenvalue weighted by molar-refractivity contribution is 0.0944. The average Bonchev–Trinajstić information content (AvgIpc) is 2.53. The van der Waals surface area contributed by atoms with Crippen LogP contribution in [0, 0.1) is 13.8 Å².